The molecule has 0 aliphatic heterocycles. The van der Waals surface area contributed by atoms with Gasteiger partial charge in [-0.1, -0.05) is 60.7 Å². The number of carbonyl (C=O) groups excluding carboxylic acids is 3. The molecule has 7 nitrogen and oxygen atoms in total. The zero-order chi connectivity index (χ0) is 23.0. The predicted octanol–water partition coefficient (Wildman–Crippen LogP) is 3.84. The van der Waals surface area contributed by atoms with E-state index in [0.29, 0.717) is 5.56 Å². The summed E-state index contributed by atoms with van der Waals surface area (Å²) in [6.07, 6.45) is -0.706. The van der Waals surface area contributed by atoms with Gasteiger partial charge in [0.1, 0.15) is 11.6 Å². The lowest BCUT2D eigenvalue weighted by atomic mass is 10.0. The van der Waals surface area contributed by atoms with Crippen LogP contribution in [0, 0.1) is 0 Å². The number of amides is 2. The van der Waals surface area contributed by atoms with Crippen molar-refractivity contribution in [3.05, 3.63) is 71.8 Å². The topological polar surface area (TPSA) is 84.9 Å². The molecule has 7 heteroatoms. The average molecular weight is 427 g/mol. The standard InChI is InChI=1S/C24H30N2O5/c1-17(25-23(29)31-24(2,3)4)21(27)26(16-18-12-8-6-9-13-18)20(22(28)30-5)19-14-10-7-11-15-19/h6-15,17,20H,16H2,1-5H3,(H,25,29)/t17-,20+/m1/s1. The van der Waals surface area contributed by atoms with Crippen molar-refractivity contribution in [3.8, 4) is 0 Å². The molecule has 1 N–H and O–H groups in total. The molecule has 2 rings (SSSR count). The molecule has 0 spiro atoms. The van der Waals surface area contributed by atoms with Crippen LogP contribution in [0.3, 0.4) is 0 Å². The molecule has 0 fully saturated rings. The molecule has 2 atom stereocenters. The molecule has 0 radical (unpaired) electrons. The Morgan fingerprint density at radius 1 is 0.968 bits per heavy atom. The van der Waals surface area contributed by atoms with Crippen molar-refractivity contribution in [1.82, 2.24) is 10.2 Å². The number of hydrogen-bond donors (Lipinski definition) is 1. The monoisotopic (exact) mass is 426 g/mol. The Morgan fingerprint density at radius 3 is 2.03 bits per heavy atom. The highest BCUT2D eigenvalue weighted by Crippen LogP contribution is 2.25. The number of nitrogens with zero attached hydrogens (tertiary/aromatic N) is 1. The van der Waals surface area contributed by atoms with Gasteiger partial charge in [-0.05, 0) is 38.8 Å². The Bertz CT molecular complexity index is 878. The molecule has 2 amide bonds. The molecule has 166 valence electrons. The van der Waals surface area contributed by atoms with Gasteiger partial charge in [-0.3, -0.25) is 4.79 Å². The smallest absolute Gasteiger partial charge is 0.408 e. The highest BCUT2D eigenvalue weighted by atomic mass is 16.6. The van der Waals surface area contributed by atoms with Gasteiger partial charge in [0.15, 0.2) is 6.04 Å². The maximum atomic E-state index is 13.4. The maximum Gasteiger partial charge on any atom is 0.408 e. The Morgan fingerprint density at radius 2 is 1.52 bits per heavy atom. The van der Waals surface area contributed by atoms with Crippen LogP contribution in [0.15, 0.2) is 60.7 Å². The minimum atomic E-state index is -0.971. The van der Waals surface area contributed by atoms with Gasteiger partial charge in [0, 0.05) is 6.54 Å². The molecule has 0 heterocycles. The van der Waals surface area contributed by atoms with Crippen LogP contribution in [0.2, 0.25) is 0 Å². The summed E-state index contributed by atoms with van der Waals surface area (Å²) in [5, 5.41) is 2.56. The number of rotatable bonds is 7. The third-order valence-electron chi connectivity index (χ3n) is 4.43. The maximum absolute atomic E-state index is 13.4. The van der Waals surface area contributed by atoms with Crippen LogP contribution >= 0.6 is 0 Å². The van der Waals surface area contributed by atoms with Gasteiger partial charge in [0.05, 0.1) is 7.11 Å². The van der Waals surface area contributed by atoms with E-state index in [4.69, 9.17) is 9.47 Å². The number of esters is 1. The summed E-state index contributed by atoms with van der Waals surface area (Å²) in [5.74, 6) is -1.01. The van der Waals surface area contributed by atoms with Gasteiger partial charge in [-0.2, -0.15) is 0 Å². The number of nitrogens with one attached hydrogen (secondary N) is 1. The highest BCUT2D eigenvalue weighted by Gasteiger charge is 2.35. The molecule has 0 saturated carbocycles. The number of hydrogen-bond acceptors (Lipinski definition) is 5. The molecule has 0 bridgehead atoms. The first-order valence-corrected chi connectivity index (χ1v) is 10.1. The van der Waals surface area contributed by atoms with E-state index in [2.05, 4.69) is 5.32 Å². The van der Waals surface area contributed by atoms with Crippen LogP contribution in [-0.4, -0.2) is 41.6 Å². The highest BCUT2D eigenvalue weighted by molar-refractivity contribution is 5.90. The van der Waals surface area contributed by atoms with Crippen molar-refractivity contribution in [2.24, 2.45) is 0 Å². The minimum absolute atomic E-state index is 0.161. The molecule has 0 saturated heterocycles. The predicted molar refractivity (Wildman–Crippen MR) is 117 cm³/mol. The largest absolute Gasteiger partial charge is 0.467 e. The first-order chi connectivity index (χ1) is 14.6. The summed E-state index contributed by atoms with van der Waals surface area (Å²) in [6, 6.07) is 16.4. The normalized spacial score (nSPS) is 12.9. The van der Waals surface area contributed by atoms with E-state index < -0.39 is 35.7 Å². The van der Waals surface area contributed by atoms with Crippen LogP contribution in [-0.2, 0) is 25.6 Å². The Kier molecular flexibility index (Phi) is 8.19. The van der Waals surface area contributed by atoms with Crippen LogP contribution in [0.25, 0.3) is 0 Å². The van der Waals surface area contributed by atoms with Crippen LogP contribution in [0.4, 0.5) is 4.79 Å². The summed E-state index contributed by atoms with van der Waals surface area (Å²) >= 11 is 0. The van der Waals surface area contributed by atoms with Crippen molar-refractivity contribution in [3.63, 3.8) is 0 Å². The van der Waals surface area contributed by atoms with Gasteiger partial charge < -0.3 is 19.7 Å². The van der Waals surface area contributed by atoms with E-state index in [1.165, 1.54) is 12.0 Å². The third-order valence-corrected chi connectivity index (χ3v) is 4.43. The van der Waals surface area contributed by atoms with E-state index in [0.717, 1.165) is 5.56 Å². The van der Waals surface area contributed by atoms with Crippen LogP contribution in [0.1, 0.15) is 44.9 Å². The van der Waals surface area contributed by atoms with Gasteiger partial charge in [0.25, 0.3) is 0 Å². The van der Waals surface area contributed by atoms with Crippen molar-refractivity contribution in [2.75, 3.05) is 7.11 Å². The molecular weight excluding hydrogens is 396 g/mol. The van der Waals surface area contributed by atoms with Gasteiger partial charge in [0.2, 0.25) is 5.91 Å². The quantitative estimate of drug-likeness (QED) is 0.680. The zero-order valence-corrected chi connectivity index (χ0v) is 18.6. The molecule has 31 heavy (non-hydrogen) atoms. The first-order valence-electron chi connectivity index (χ1n) is 10.1. The second-order valence-electron chi connectivity index (χ2n) is 8.16. The molecule has 0 aromatic heterocycles. The van der Waals surface area contributed by atoms with Crippen LogP contribution < -0.4 is 5.32 Å². The molecule has 2 aromatic rings. The fourth-order valence-electron chi connectivity index (χ4n) is 3.06. The Hall–Kier alpha value is -3.35. The number of methoxy groups -OCH3 is 1. The van der Waals surface area contributed by atoms with Gasteiger partial charge in [-0.25, -0.2) is 9.59 Å². The van der Waals surface area contributed by atoms with Crippen molar-refractivity contribution >= 4 is 18.0 Å². The number of ether oxygens (including phenoxy) is 2. The SMILES string of the molecule is COC(=O)[C@H](c1ccccc1)N(Cc1ccccc1)C(=O)[C@@H](C)NC(=O)OC(C)(C)C. The lowest BCUT2D eigenvalue weighted by Crippen LogP contribution is -2.50. The van der Waals surface area contributed by atoms with E-state index in [9.17, 15) is 14.4 Å². The lowest BCUT2D eigenvalue weighted by Gasteiger charge is -2.33. The molecule has 0 unspecified atom stereocenters. The summed E-state index contributed by atoms with van der Waals surface area (Å²) in [7, 11) is 1.28. The van der Waals surface area contributed by atoms with Gasteiger partial charge >= 0.3 is 12.1 Å². The minimum Gasteiger partial charge on any atom is -0.467 e. The molecular formula is C24H30N2O5. The molecule has 0 aliphatic carbocycles. The molecule has 0 aliphatic rings. The Balaban J connectivity index is 2.37. The first kappa shape index (κ1) is 23.9. The fourth-order valence-corrected chi connectivity index (χ4v) is 3.06. The number of benzene rings is 2. The van der Waals surface area contributed by atoms with Crippen molar-refractivity contribution in [2.45, 2.75) is 51.9 Å². The van der Waals surface area contributed by atoms with Crippen molar-refractivity contribution in [1.29, 1.82) is 0 Å². The fraction of sp³-hybridized carbons (Fsp3) is 0.375. The summed E-state index contributed by atoms with van der Waals surface area (Å²) < 4.78 is 10.3. The van der Waals surface area contributed by atoms with Crippen LogP contribution in [0.5, 0.6) is 0 Å². The zero-order valence-electron chi connectivity index (χ0n) is 18.6. The van der Waals surface area contributed by atoms with Crippen molar-refractivity contribution < 1.29 is 23.9 Å². The third kappa shape index (κ3) is 7.13. The summed E-state index contributed by atoms with van der Waals surface area (Å²) in [5.41, 5.74) is 0.753. The summed E-state index contributed by atoms with van der Waals surface area (Å²) in [4.78, 5) is 39.8. The lowest BCUT2D eigenvalue weighted by molar-refractivity contribution is -0.154. The number of alkyl carbamates (subject to hydrolysis) is 1. The van der Waals surface area contributed by atoms with E-state index >= 15 is 0 Å². The average Bonchev–Trinajstić information content (AvgIpc) is 2.72. The van der Waals surface area contributed by atoms with E-state index in [1.54, 1.807) is 52.0 Å². The summed E-state index contributed by atoms with van der Waals surface area (Å²) in [6.45, 7) is 6.94. The van der Waals surface area contributed by atoms with E-state index in [-0.39, 0.29) is 6.54 Å². The molecule has 2 aromatic carbocycles. The number of carbonyl (C=O) groups is 3. The second kappa shape index (κ2) is 10.6. The van der Waals surface area contributed by atoms with Gasteiger partial charge in [-0.15, -0.1) is 0 Å². The van der Waals surface area contributed by atoms with E-state index in [1.807, 2.05) is 36.4 Å². The second-order valence-corrected chi connectivity index (χ2v) is 8.16. The Labute approximate surface area is 183 Å².